The van der Waals surface area contributed by atoms with Gasteiger partial charge in [0.1, 0.15) is 11.5 Å². The molecule has 2 aromatic carbocycles. The minimum Gasteiger partial charge on any atom is -0.870 e. The van der Waals surface area contributed by atoms with Gasteiger partial charge in [-0.05, 0) is 50.1 Å². The first-order valence-corrected chi connectivity index (χ1v) is 12.5. The first-order valence-electron chi connectivity index (χ1n) is 11.7. The Bertz CT molecular complexity index is 1620. The van der Waals surface area contributed by atoms with Gasteiger partial charge in [-0.15, -0.1) is 0 Å². The van der Waals surface area contributed by atoms with Crippen molar-refractivity contribution in [3.8, 4) is 17.2 Å². The molecule has 0 spiro atoms. The number of ether oxygens (including phenoxy) is 3. The Morgan fingerprint density at radius 2 is 1.92 bits per heavy atom. The predicted molar refractivity (Wildman–Crippen MR) is 137 cm³/mol. The molecular formula is C26H24N3O8S-. The van der Waals surface area contributed by atoms with Crippen LogP contribution in [0.15, 0.2) is 57.5 Å². The van der Waals surface area contributed by atoms with Crippen molar-refractivity contribution in [3.63, 3.8) is 0 Å². The summed E-state index contributed by atoms with van der Waals surface area (Å²) in [5.41, 5.74) is 0.269. The summed E-state index contributed by atoms with van der Waals surface area (Å²) in [4.78, 5) is 42.3. The van der Waals surface area contributed by atoms with Crippen molar-refractivity contribution in [1.29, 1.82) is 0 Å². The van der Waals surface area contributed by atoms with E-state index in [2.05, 4.69) is 4.99 Å². The van der Waals surface area contributed by atoms with Gasteiger partial charge in [0.2, 0.25) is 0 Å². The van der Waals surface area contributed by atoms with Crippen molar-refractivity contribution in [3.05, 3.63) is 88.6 Å². The summed E-state index contributed by atoms with van der Waals surface area (Å²) in [6.07, 6.45) is 1.29. The molecule has 0 unspecified atom stereocenters. The van der Waals surface area contributed by atoms with Gasteiger partial charge in [0.15, 0.2) is 4.80 Å². The molecule has 11 nitrogen and oxygen atoms in total. The van der Waals surface area contributed by atoms with Gasteiger partial charge in [0, 0.05) is 6.07 Å². The zero-order valence-electron chi connectivity index (χ0n) is 21.0. The zero-order chi connectivity index (χ0) is 27.6. The highest BCUT2D eigenvalue weighted by Crippen LogP contribution is 2.34. The number of benzene rings is 2. The molecule has 0 saturated carbocycles. The monoisotopic (exact) mass is 538 g/mol. The number of fused-ring (bicyclic) bond motifs is 1. The summed E-state index contributed by atoms with van der Waals surface area (Å²) >= 11 is 1.00. The van der Waals surface area contributed by atoms with Gasteiger partial charge < -0.3 is 19.3 Å². The average molecular weight is 539 g/mol. The Labute approximate surface area is 220 Å². The van der Waals surface area contributed by atoms with Gasteiger partial charge in [-0.25, -0.2) is 9.79 Å². The van der Waals surface area contributed by atoms with E-state index in [0.29, 0.717) is 21.8 Å². The number of nitro groups is 1. The average Bonchev–Trinajstić information content (AvgIpc) is 3.19. The molecule has 1 aliphatic heterocycles. The van der Waals surface area contributed by atoms with E-state index in [1.54, 1.807) is 45.0 Å². The van der Waals surface area contributed by atoms with Crippen LogP contribution >= 0.6 is 11.3 Å². The van der Waals surface area contributed by atoms with E-state index in [4.69, 9.17) is 14.2 Å². The van der Waals surface area contributed by atoms with Crippen LogP contribution in [0.25, 0.3) is 6.08 Å². The van der Waals surface area contributed by atoms with Crippen LogP contribution in [0.5, 0.6) is 17.2 Å². The molecule has 0 aliphatic carbocycles. The SMILES string of the molecule is CCOC(=O)C1=C(C)N=c2s/c(=C\c3cc([N+](=O)[O-])cc(OCC)c3[O-])c(=O)n2[C@H]1c1ccc(OC)cc1. The van der Waals surface area contributed by atoms with Gasteiger partial charge >= 0.3 is 5.97 Å². The van der Waals surface area contributed by atoms with E-state index < -0.39 is 28.2 Å². The molecule has 0 radical (unpaired) electrons. The third kappa shape index (κ3) is 4.90. The molecule has 0 bridgehead atoms. The Balaban J connectivity index is 1.96. The highest BCUT2D eigenvalue weighted by molar-refractivity contribution is 7.07. The Morgan fingerprint density at radius 1 is 1.21 bits per heavy atom. The third-order valence-electron chi connectivity index (χ3n) is 5.81. The number of carbonyl (C=O) groups is 1. The molecule has 2 heterocycles. The van der Waals surface area contributed by atoms with Crippen LogP contribution < -0.4 is 29.5 Å². The molecule has 3 aromatic rings. The fourth-order valence-electron chi connectivity index (χ4n) is 4.12. The van der Waals surface area contributed by atoms with Gasteiger partial charge in [-0.2, -0.15) is 0 Å². The smallest absolute Gasteiger partial charge is 0.338 e. The van der Waals surface area contributed by atoms with Crippen LogP contribution in [0.3, 0.4) is 0 Å². The molecule has 1 atom stereocenters. The fraction of sp³-hybridized carbons (Fsp3) is 0.269. The molecular weight excluding hydrogens is 514 g/mol. The largest absolute Gasteiger partial charge is 0.870 e. The number of carbonyl (C=O) groups excluding carboxylic acids is 1. The molecule has 38 heavy (non-hydrogen) atoms. The number of hydrogen-bond donors (Lipinski definition) is 0. The maximum atomic E-state index is 13.7. The Morgan fingerprint density at radius 3 is 2.53 bits per heavy atom. The van der Waals surface area contributed by atoms with Crippen LogP contribution in [0.2, 0.25) is 0 Å². The number of nitrogens with zero attached hydrogens (tertiary/aromatic N) is 3. The standard InChI is InChI=1S/C26H25N3O8S/c1-5-36-19-13-17(29(33)34)11-16(23(19)30)12-20-24(31)28-22(15-7-9-18(35-4)10-8-15)21(25(32)37-6-2)14(3)27-26(28)38-20/h7-13,22,30H,5-6H2,1-4H3/p-1/b20-12-/t22-/m0/s1. The van der Waals surface area contributed by atoms with Crippen molar-refractivity contribution in [2.75, 3.05) is 20.3 Å². The van der Waals surface area contributed by atoms with E-state index in [1.165, 1.54) is 17.8 Å². The maximum Gasteiger partial charge on any atom is 0.338 e. The second kappa shape index (κ2) is 10.9. The van der Waals surface area contributed by atoms with Crippen LogP contribution in [-0.4, -0.2) is 35.8 Å². The minimum atomic E-state index is -0.853. The second-order valence-corrected chi connectivity index (χ2v) is 9.14. The molecule has 4 rings (SSSR count). The topological polar surface area (TPSA) is 145 Å². The van der Waals surface area contributed by atoms with Crippen LogP contribution in [0.4, 0.5) is 5.69 Å². The van der Waals surface area contributed by atoms with Gasteiger partial charge in [-0.1, -0.05) is 29.2 Å². The number of allylic oxidation sites excluding steroid dienone is 1. The van der Waals surface area contributed by atoms with Crippen LogP contribution in [0.1, 0.15) is 37.9 Å². The van der Waals surface area contributed by atoms with Gasteiger partial charge in [0.25, 0.3) is 11.2 Å². The lowest BCUT2D eigenvalue weighted by molar-refractivity contribution is -0.385. The molecule has 0 amide bonds. The van der Waals surface area contributed by atoms with Crippen LogP contribution in [-0.2, 0) is 9.53 Å². The summed E-state index contributed by atoms with van der Waals surface area (Å²) in [6, 6.07) is 8.21. The summed E-state index contributed by atoms with van der Waals surface area (Å²) < 4.78 is 17.3. The highest BCUT2D eigenvalue weighted by Gasteiger charge is 2.33. The van der Waals surface area contributed by atoms with E-state index in [9.17, 15) is 24.8 Å². The maximum absolute atomic E-state index is 13.7. The number of rotatable bonds is 8. The first kappa shape index (κ1) is 26.6. The quantitative estimate of drug-likeness (QED) is 0.241. The minimum absolute atomic E-state index is 0.0739. The van der Waals surface area contributed by atoms with Gasteiger partial charge in [-0.3, -0.25) is 19.5 Å². The number of methoxy groups -OCH3 is 1. The lowest BCUT2D eigenvalue weighted by Gasteiger charge is -2.24. The number of hydrogen-bond acceptors (Lipinski definition) is 10. The number of thiazole rings is 1. The third-order valence-corrected chi connectivity index (χ3v) is 6.80. The molecule has 0 fully saturated rings. The lowest BCUT2D eigenvalue weighted by Crippen LogP contribution is -2.39. The normalized spacial score (nSPS) is 15.1. The highest BCUT2D eigenvalue weighted by atomic mass is 32.1. The fourth-order valence-corrected chi connectivity index (χ4v) is 5.16. The first-order chi connectivity index (χ1) is 18.2. The molecule has 1 aromatic heterocycles. The Kier molecular flexibility index (Phi) is 7.62. The molecule has 198 valence electrons. The number of non-ortho nitro benzene ring substituents is 1. The molecule has 0 N–H and O–H groups in total. The van der Waals surface area contributed by atoms with E-state index >= 15 is 0 Å². The van der Waals surface area contributed by atoms with E-state index in [1.807, 2.05) is 0 Å². The zero-order valence-corrected chi connectivity index (χ0v) is 21.9. The van der Waals surface area contributed by atoms with Crippen molar-refractivity contribution in [1.82, 2.24) is 4.57 Å². The molecule has 1 aliphatic rings. The summed E-state index contributed by atoms with van der Waals surface area (Å²) in [5, 5.41) is 24.3. The predicted octanol–water partition coefficient (Wildman–Crippen LogP) is 2.19. The van der Waals surface area contributed by atoms with E-state index in [-0.39, 0.29) is 40.3 Å². The van der Waals surface area contributed by atoms with Crippen molar-refractivity contribution < 1.29 is 29.0 Å². The lowest BCUT2D eigenvalue weighted by atomic mass is 9.96. The summed E-state index contributed by atoms with van der Waals surface area (Å²) in [5.74, 6) is -0.778. The Hall–Kier alpha value is -4.45. The number of nitro benzene ring substituents is 1. The number of esters is 1. The van der Waals surface area contributed by atoms with Crippen molar-refractivity contribution in [2.24, 2.45) is 4.99 Å². The van der Waals surface area contributed by atoms with Gasteiger partial charge in [0.05, 0.1) is 53.2 Å². The van der Waals surface area contributed by atoms with Crippen LogP contribution in [0, 0.1) is 10.1 Å². The van der Waals surface area contributed by atoms with Crippen molar-refractivity contribution in [2.45, 2.75) is 26.8 Å². The molecule has 12 heteroatoms. The molecule has 0 saturated heterocycles. The second-order valence-electron chi connectivity index (χ2n) is 8.13. The number of aromatic nitrogens is 1. The summed E-state index contributed by atoms with van der Waals surface area (Å²) in [6.45, 7) is 5.26. The van der Waals surface area contributed by atoms with E-state index in [0.717, 1.165) is 23.5 Å². The summed E-state index contributed by atoms with van der Waals surface area (Å²) in [7, 11) is 1.53. The van der Waals surface area contributed by atoms with Crippen molar-refractivity contribution >= 4 is 29.1 Å².